The number of primary amides is 1. The molecule has 23 heavy (non-hydrogen) atoms. The summed E-state index contributed by atoms with van der Waals surface area (Å²) >= 11 is 0. The van der Waals surface area contributed by atoms with E-state index in [0.717, 1.165) is 6.07 Å². The number of hydrazine groups is 1. The maximum absolute atomic E-state index is 12.6. The minimum absolute atomic E-state index is 0.0386. The summed E-state index contributed by atoms with van der Waals surface area (Å²) in [7, 11) is -5.72. The molecule has 0 aliphatic heterocycles. The molecule has 0 fully saturated rings. The van der Waals surface area contributed by atoms with E-state index in [-0.39, 0.29) is 22.0 Å². The Kier molecular flexibility index (Phi) is 5.72. The van der Waals surface area contributed by atoms with E-state index in [9.17, 15) is 31.2 Å². The monoisotopic (exact) mass is 353 g/mol. The third kappa shape index (κ3) is 4.42. The van der Waals surface area contributed by atoms with Crippen LogP contribution in [0.3, 0.4) is 0 Å². The number of carbonyl (C=O) groups excluding carboxylic acids is 2. The molecule has 1 aromatic carbocycles. The number of hydrogen-bond donors (Lipinski definition) is 2. The highest BCUT2D eigenvalue weighted by Gasteiger charge is 2.50. The first-order valence-corrected chi connectivity index (χ1v) is 7.74. The smallest absolute Gasteiger partial charge is 0.366 e. The minimum atomic E-state index is -5.72. The number of benzene rings is 1. The lowest BCUT2D eigenvalue weighted by Crippen LogP contribution is -2.51. The van der Waals surface area contributed by atoms with Crippen LogP contribution in [0.25, 0.3) is 0 Å². The second-order valence-corrected chi connectivity index (χ2v) is 6.26. The van der Waals surface area contributed by atoms with Crippen molar-refractivity contribution in [2.24, 2.45) is 5.73 Å². The predicted octanol–water partition coefficient (Wildman–Crippen LogP) is 0.992. The molecule has 0 radical (unpaired) electrons. The van der Waals surface area contributed by atoms with Gasteiger partial charge in [0.2, 0.25) is 5.91 Å². The van der Waals surface area contributed by atoms with E-state index in [2.05, 4.69) is 0 Å². The van der Waals surface area contributed by atoms with Crippen LogP contribution in [0, 0.1) is 0 Å². The molecule has 0 atom stereocenters. The van der Waals surface area contributed by atoms with Crippen molar-refractivity contribution < 1.29 is 31.2 Å². The molecule has 128 valence electrons. The molecule has 11 heteroatoms. The molecule has 2 amide bonds. The third-order valence-electron chi connectivity index (χ3n) is 2.64. The van der Waals surface area contributed by atoms with Crippen LogP contribution >= 0.6 is 0 Å². The SMILES string of the molecule is CCCN(NC(=O)c1cccc(C(N)=O)c1)S(=O)(=O)C(F)(F)F. The van der Waals surface area contributed by atoms with Gasteiger partial charge in [0, 0.05) is 17.7 Å². The fourth-order valence-electron chi connectivity index (χ4n) is 1.56. The van der Waals surface area contributed by atoms with Gasteiger partial charge in [-0.15, -0.1) is 4.41 Å². The average molecular weight is 353 g/mol. The van der Waals surface area contributed by atoms with Gasteiger partial charge in [0.05, 0.1) is 0 Å². The number of nitrogens with two attached hydrogens (primary N) is 1. The number of amides is 2. The van der Waals surface area contributed by atoms with Crippen molar-refractivity contribution >= 4 is 21.8 Å². The van der Waals surface area contributed by atoms with E-state index in [0.29, 0.717) is 0 Å². The quantitative estimate of drug-likeness (QED) is 0.743. The van der Waals surface area contributed by atoms with E-state index in [1.165, 1.54) is 25.1 Å². The van der Waals surface area contributed by atoms with Gasteiger partial charge in [0.25, 0.3) is 5.91 Å². The molecule has 0 bridgehead atoms. The Morgan fingerprint density at radius 3 is 2.30 bits per heavy atom. The second-order valence-electron chi connectivity index (χ2n) is 4.41. The number of nitrogens with zero attached hydrogens (tertiary/aromatic N) is 1. The van der Waals surface area contributed by atoms with Gasteiger partial charge >= 0.3 is 15.5 Å². The number of alkyl halides is 3. The van der Waals surface area contributed by atoms with Gasteiger partial charge < -0.3 is 5.73 Å². The van der Waals surface area contributed by atoms with Crippen molar-refractivity contribution in [2.75, 3.05) is 6.54 Å². The van der Waals surface area contributed by atoms with Crippen LogP contribution in [0.15, 0.2) is 24.3 Å². The Morgan fingerprint density at radius 1 is 1.26 bits per heavy atom. The zero-order valence-electron chi connectivity index (χ0n) is 11.9. The summed E-state index contributed by atoms with van der Waals surface area (Å²) in [6, 6.07) is 4.83. The summed E-state index contributed by atoms with van der Waals surface area (Å²) < 4.78 is 60.4. The molecule has 0 aliphatic carbocycles. The molecule has 3 N–H and O–H groups in total. The first-order valence-electron chi connectivity index (χ1n) is 6.30. The molecule has 0 spiro atoms. The number of sulfonamides is 1. The Morgan fingerprint density at radius 2 is 1.83 bits per heavy atom. The Balaban J connectivity index is 3.08. The highest BCUT2D eigenvalue weighted by molar-refractivity contribution is 7.89. The fraction of sp³-hybridized carbons (Fsp3) is 0.333. The van der Waals surface area contributed by atoms with Crippen molar-refractivity contribution in [3.63, 3.8) is 0 Å². The van der Waals surface area contributed by atoms with E-state index < -0.39 is 33.9 Å². The van der Waals surface area contributed by atoms with E-state index in [1.807, 2.05) is 0 Å². The highest BCUT2D eigenvalue weighted by Crippen LogP contribution is 2.26. The number of halogens is 3. The van der Waals surface area contributed by atoms with Gasteiger partial charge in [0.1, 0.15) is 0 Å². The number of hydrogen-bond acceptors (Lipinski definition) is 4. The first-order chi connectivity index (χ1) is 10.5. The van der Waals surface area contributed by atoms with Crippen LogP contribution in [0.2, 0.25) is 0 Å². The van der Waals surface area contributed by atoms with E-state index >= 15 is 0 Å². The largest absolute Gasteiger partial charge is 0.513 e. The number of carbonyl (C=O) groups is 2. The van der Waals surface area contributed by atoms with Crippen molar-refractivity contribution in [3.8, 4) is 0 Å². The van der Waals surface area contributed by atoms with E-state index in [4.69, 9.17) is 5.73 Å². The zero-order valence-corrected chi connectivity index (χ0v) is 12.7. The summed E-state index contributed by atoms with van der Waals surface area (Å²) in [4.78, 5) is 23.0. The van der Waals surface area contributed by atoms with Crippen molar-refractivity contribution in [1.82, 2.24) is 9.84 Å². The van der Waals surface area contributed by atoms with Gasteiger partial charge in [-0.25, -0.2) is 8.42 Å². The van der Waals surface area contributed by atoms with Gasteiger partial charge in [-0.3, -0.25) is 15.0 Å². The molecular weight excluding hydrogens is 339 g/mol. The molecule has 0 saturated carbocycles. The first kappa shape index (κ1) is 18.9. The maximum Gasteiger partial charge on any atom is 0.513 e. The van der Waals surface area contributed by atoms with Gasteiger partial charge in [-0.2, -0.15) is 13.2 Å². The number of rotatable bonds is 6. The summed E-state index contributed by atoms with van der Waals surface area (Å²) in [6.45, 7) is 0.877. The predicted molar refractivity (Wildman–Crippen MR) is 74.4 cm³/mol. The van der Waals surface area contributed by atoms with Gasteiger partial charge in [0.15, 0.2) is 0 Å². The van der Waals surface area contributed by atoms with Crippen molar-refractivity contribution in [1.29, 1.82) is 0 Å². The van der Waals surface area contributed by atoms with Crippen LogP contribution < -0.4 is 11.2 Å². The molecule has 0 aliphatic rings. The van der Waals surface area contributed by atoms with Crippen LogP contribution in [0.1, 0.15) is 34.1 Å². The fourth-order valence-corrected chi connectivity index (χ4v) is 2.43. The second kappa shape index (κ2) is 6.96. The lowest BCUT2D eigenvalue weighted by molar-refractivity contribution is -0.0500. The topological polar surface area (TPSA) is 110 Å². The molecular formula is C12H14F3N3O4S. The van der Waals surface area contributed by atoms with Gasteiger partial charge in [-0.1, -0.05) is 13.0 Å². The molecule has 7 nitrogen and oxygen atoms in total. The standard InChI is InChI=1S/C12H14F3N3O4S/c1-2-6-18(23(21,22)12(13,14)15)17-11(20)9-5-3-4-8(7-9)10(16)19/h3-5,7H,2,6H2,1H3,(H2,16,19)(H,17,20). The summed E-state index contributed by atoms with van der Waals surface area (Å²) in [6.07, 6.45) is 0.0386. The molecule has 0 heterocycles. The van der Waals surface area contributed by atoms with Crippen molar-refractivity contribution in [2.45, 2.75) is 18.9 Å². The maximum atomic E-state index is 12.6. The van der Waals surface area contributed by atoms with Crippen molar-refractivity contribution in [3.05, 3.63) is 35.4 Å². The molecule has 0 unspecified atom stereocenters. The third-order valence-corrected chi connectivity index (χ3v) is 4.08. The van der Waals surface area contributed by atoms with Crippen LogP contribution in [-0.4, -0.2) is 36.7 Å². The average Bonchev–Trinajstić information content (AvgIpc) is 2.45. The van der Waals surface area contributed by atoms with Crippen LogP contribution in [0.5, 0.6) is 0 Å². The minimum Gasteiger partial charge on any atom is -0.366 e. The Hall–Kier alpha value is -2.14. The highest BCUT2D eigenvalue weighted by atomic mass is 32.2. The molecule has 0 aromatic heterocycles. The van der Waals surface area contributed by atoms with Crippen LogP contribution in [-0.2, 0) is 10.0 Å². The Bertz CT molecular complexity index is 704. The lowest BCUT2D eigenvalue weighted by atomic mass is 10.1. The normalized spacial score (nSPS) is 12.2. The summed E-state index contributed by atoms with van der Waals surface area (Å²) in [5.41, 5.74) is 0.911. The molecule has 1 aromatic rings. The van der Waals surface area contributed by atoms with Crippen LogP contribution in [0.4, 0.5) is 13.2 Å². The lowest BCUT2D eigenvalue weighted by Gasteiger charge is -2.23. The molecule has 0 saturated heterocycles. The summed E-state index contributed by atoms with van der Waals surface area (Å²) in [5.74, 6) is -1.96. The Labute approximate surface area is 130 Å². The number of nitrogens with one attached hydrogen (secondary N) is 1. The van der Waals surface area contributed by atoms with Gasteiger partial charge in [-0.05, 0) is 24.6 Å². The molecule has 1 rings (SSSR count). The van der Waals surface area contributed by atoms with E-state index in [1.54, 1.807) is 5.43 Å². The summed E-state index contributed by atoms with van der Waals surface area (Å²) in [5, 5.41) is 0. The zero-order chi connectivity index (χ0) is 17.8.